The van der Waals surface area contributed by atoms with E-state index in [1.807, 2.05) is 0 Å². The highest BCUT2D eigenvalue weighted by Gasteiger charge is 2.21. The maximum Gasteiger partial charge on any atom is 0.339 e. The molecule has 8 heteroatoms. The van der Waals surface area contributed by atoms with Crippen LogP contribution in [0, 0.1) is 5.82 Å². The van der Waals surface area contributed by atoms with Crippen molar-refractivity contribution < 1.29 is 27.4 Å². The lowest BCUT2D eigenvalue weighted by Gasteiger charge is -2.07. The number of carboxylic acid groups (broad SMARTS) is 1. The fourth-order valence-electron chi connectivity index (χ4n) is 1.08. The molecular weight excluding hydrogens is 263 g/mol. The molecule has 1 rings (SSSR count). The topological polar surface area (TPSA) is 80.7 Å². The Hall–Kier alpha value is -1.34. The molecule has 0 unspecified atom stereocenters. The molecule has 5 nitrogen and oxygen atoms in total. The van der Waals surface area contributed by atoms with Gasteiger partial charge in [0, 0.05) is 10.7 Å². The molecule has 0 spiro atoms. The van der Waals surface area contributed by atoms with Crippen LogP contribution < -0.4 is 4.74 Å². The highest BCUT2D eigenvalue weighted by molar-refractivity contribution is 8.13. The normalized spacial score (nSPS) is 11.2. The number of ether oxygens (including phenoxy) is 1. The molecule has 0 amide bonds. The van der Waals surface area contributed by atoms with Crippen molar-refractivity contribution in [3.8, 4) is 5.75 Å². The van der Waals surface area contributed by atoms with Crippen molar-refractivity contribution in [2.24, 2.45) is 0 Å². The molecule has 0 saturated carbocycles. The highest BCUT2D eigenvalue weighted by atomic mass is 35.7. The summed E-state index contributed by atoms with van der Waals surface area (Å²) in [6.45, 7) is 0. The molecule has 16 heavy (non-hydrogen) atoms. The number of hydrogen-bond donors (Lipinski definition) is 1. The summed E-state index contributed by atoms with van der Waals surface area (Å²) in [6.07, 6.45) is 0. The molecule has 0 aliphatic heterocycles. The van der Waals surface area contributed by atoms with Gasteiger partial charge in [-0.2, -0.15) is 0 Å². The Balaban J connectivity index is 3.59. The maximum absolute atomic E-state index is 13.3. The smallest absolute Gasteiger partial charge is 0.339 e. The van der Waals surface area contributed by atoms with E-state index in [0.717, 1.165) is 13.2 Å². The van der Waals surface area contributed by atoms with E-state index < -0.39 is 37.0 Å². The van der Waals surface area contributed by atoms with Crippen molar-refractivity contribution in [1.82, 2.24) is 0 Å². The summed E-state index contributed by atoms with van der Waals surface area (Å²) in [5.74, 6) is -3.17. The minimum absolute atomic E-state index is 0.545. The van der Waals surface area contributed by atoms with Crippen molar-refractivity contribution in [2.75, 3.05) is 7.11 Å². The molecule has 1 aromatic carbocycles. The average Bonchev–Trinajstić information content (AvgIpc) is 2.14. The Labute approximate surface area is 94.8 Å². The van der Waals surface area contributed by atoms with Gasteiger partial charge in [0.25, 0.3) is 9.05 Å². The van der Waals surface area contributed by atoms with E-state index in [-0.39, 0.29) is 0 Å². The van der Waals surface area contributed by atoms with E-state index in [9.17, 15) is 17.6 Å². The fraction of sp³-hybridized carbons (Fsp3) is 0.125. The van der Waals surface area contributed by atoms with E-state index in [2.05, 4.69) is 4.74 Å². The van der Waals surface area contributed by atoms with Crippen LogP contribution in [0.25, 0.3) is 0 Å². The Morgan fingerprint density at radius 1 is 1.50 bits per heavy atom. The van der Waals surface area contributed by atoms with Gasteiger partial charge in [-0.25, -0.2) is 17.6 Å². The van der Waals surface area contributed by atoms with Crippen molar-refractivity contribution in [1.29, 1.82) is 0 Å². The third kappa shape index (κ3) is 2.42. The minimum Gasteiger partial charge on any atom is -0.493 e. The Morgan fingerprint density at radius 3 is 2.44 bits per heavy atom. The Bertz CT molecular complexity index is 540. The molecule has 1 N–H and O–H groups in total. The molecule has 1 aromatic rings. The zero-order valence-corrected chi connectivity index (χ0v) is 9.47. The van der Waals surface area contributed by atoms with E-state index in [4.69, 9.17) is 15.8 Å². The van der Waals surface area contributed by atoms with Crippen molar-refractivity contribution in [2.45, 2.75) is 4.90 Å². The van der Waals surface area contributed by atoms with Crippen LogP contribution in [0.1, 0.15) is 10.4 Å². The van der Waals surface area contributed by atoms with Gasteiger partial charge in [-0.3, -0.25) is 0 Å². The molecule has 0 heterocycles. The number of halogens is 2. The second-order valence-corrected chi connectivity index (χ2v) is 5.29. The fourth-order valence-corrected chi connectivity index (χ4v) is 1.85. The van der Waals surface area contributed by atoms with Gasteiger partial charge in [0.15, 0.2) is 11.6 Å². The van der Waals surface area contributed by atoms with Gasteiger partial charge < -0.3 is 9.84 Å². The monoisotopic (exact) mass is 268 g/mol. The Morgan fingerprint density at radius 2 is 2.06 bits per heavy atom. The number of hydrogen-bond acceptors (Lipinski definition) is 4. The third-order valence-electron chi connectivity index (χ3n) is 1.73. The lowest BCUT2D eigenvalue weighted by atomic mass is 10.2. The zero-order chi connectivity index (χ0) is 12.5. The van der Waals surface area contributed by atoms with Gasteiger partial charge in [-0.1, -0.05) is 0 Å². The SMILES string of the molecule is COc1c(F)cc(S(=O)(=O)Cl)cc1C(=O)O. The highest BCUT2D eigenvalue weighted by Crippen LogP contribution is 2.28. The van der Waals surface area contributed by atoms with Crippen molar-refractivity contribution >= 4 is 25.7 Å². The lowest BCUT2D eigenvalue weighted by molar-refractivity contribution is 0.0692. The molecule has 0 saturated heterocycles. The van der Waals surface area contributed by atoms with E-state index in [0.29, 0.717) is 6.07 Å². The van der Waals surface area contributed by atoms with Gasteiger partial charge in [0.05, 0.1) is 12.0 Å². The minimum atomic E-state index is -4.19. The van der Waals surface area contributed by atoms with E-state index in [1.165, 1.54) is 0 Å². The summed E-state index contributed by atoms with van der Waals surface area (Å²) in [5, 5.41) is 8.73. The van der Waals surface area contributed by atoms with E-state index >= 15 is 0 Å². The summed E-state index contributed by atoms with van der Waals surface area (Å²) >= 11 is 0. The van der Waals surface area contributed by atoms with Gasteiger partial charge in [-0.15, -0.1) is 0 Å². The van der Waals surface area contributed by atoms with Crippen LogP contribution in [-0.4, -0.2) is 26.6 Å². The molecule has 0 aliphatic carbocycles. The first-order valence-corrected chi connectivity index (χ1v) is 6.13. The first-order chi connectivity index (χ1) is 7.27. The van der Waals surface area contributed by atoms with Gasteiger partial charge in [0.2, 0.25) is 0 Å². The average molecular weight is 269 g/mol. The number of benzene rings is 1. The molecule has 0 atom stereocenters. The number of carboxylic acids is 1. The van der Waals surface area contributed by atoms with Gasteiger partial charge in [-0.05, 0) is 12.1 Å². The quantitative estimate of drug-likeness (QED) is 0.840. The number of aromatic carboxylic acids is 1. The summed E-state index contributed by atoms with van der Waals surface area (Å²) in [5.41, 5.74) is -0.610. The van der Waals surface area contributed by atoms with Crippen LogP contribution in [0.4, 0.5) is 4.39 Å². The summed E-state index contributed by atoms with van der Waals surface area (Å²) in [4.78, 5) is 10.1. The molecule has 0 aliphatic rings. The Kier molecular flexibility index (Phi) is 3.39. The molecular formula is C8H6ClFO5S. The van der Waals surface area contributed by atoms with Crippen LogP contribution >= 0.6 is 10.7 Å². The predicted molar refractivity (Wildman–Crippen MR) is 53.0 cm³/mol. The van der Waals surface area contributed by atoms with Crippen LogP contribution in [0.3, 0.4) is 0 Å². The number of rotatable bonds is 3. The summed E-state index contributed by atoms with van der Waals surface area (Å²) in [7, 11) is 1.85. The number of carbonyl (C=O) groups is 1. The van der Waals surface area contributed by atoms with Crippen LogP contribution in [0.15, 0.2) is 17.0 Å². The van der Waals surface area contributed by atoms with Crippen LogP contribution in [-0.2, 0) is 9.05 Å². The lowest BCUT2D eigenvalue weighted by Crippen LogP contribution is -2.05. The van der Waals surface area contributed by atoms with Crippen molar-refractivity contribution in [3.05, 3.63) is 23.5 Å². The van der Waals surface area contributed by atoms with E-state index in [1.54, 1.807) is 0 Å². The molecule has 0 radical (unpaired) electrons. The van der Waals surface area contributed by atoms with Crippen LogP contribution in [0.2, 0.25) is 0 Å². The second kappa shape index (κ2) is 4.26. The van der Waals surface area contributed by atoms with Crippen LogP contribution in [0.5, 0.6) is 5.75 Å². The first kappa shape index (κ1) is 12.7. The number of methoxy groups -OCH3 is 1. The maximum atomic E-state index is 13.3. The van der Waals surface area contributed by atoms with Gasteiger partial charge >= 0.3 is 5.97 Å². The standard InChI is InChI=1S/C8H6ClFO5S/c1-15-7-5(8(11)12)2-4(3-6(7)10)16(9,13)14/h2-3H,1H3,(H,11,12). The zero-order valence-electron chi connectivity index (χ0n) is 7.90. The second-order valence-electron chi connectivity index (χ2n) is 2.73. The van der Waals surface area contributed by atoms with Gasteiger partial charge in [0.1, 0.15) is 5.56 Å². The predicted octanol–water partition coefficient (Wildman–Crippen LogP) is 1.46. The third-order valence-corrected chi connectivity index (χ3v) is 3.07. The first-order valence-electron chi connectivity index (χ1n) is 3.83. The molecule has 0 fully saturated rings. The molecule has 0 bridgehead atoms. The summed E-state index contributed by atoms with van der Waals surface area (Å²) in [6, 6.07) is 1.32. The molecule has 0 aromatic heterocycles. The largest absolute Gasteiger partial charge is 0.493 e. The van der Waals surface area contributed by atoms with Crippen molar-refractivity contribution in [3.63, 3.8) is 0 Å². The summed E-state index contributed by atoms with van der Waals surface area (Å²) < 4.78 is 39.7. The molecule has 88 valence electrons.